The molecule has 0 atom stereocenters. The summed E-state index contributed by atoms with van der Waals surface area (Å²) >= 11 is 0. The number of unbranched alkanes of at least 4 members (excludes halogenated alkanes) is 2. The number of carbonyl (C=O) groups is 1. The summed E-state index contributed by atoms with van der Waals surface area (Å²) in [5.74, 6) is -0.966. The Hall–Kier alpha value is 1.07. The molecular formula is C6H12KNO2. The summed E-state index contributed by atoms with van der Waals surface area (Å²) in [6, 6.07) is 0. The van der Waals surface area contributed by atoms with Crippen molar-refractivity contribution in [2.24, 2.45) is 5.73 Å². The summed E-state index contributed by atoms with van der Waals surface area (Å²) in [6.45, 7) is 0.646. The first-order valence-electron chi connectivity index (χ1n) is 3.17. The van der Waals surface area contributed by atoms with E-state index in [4.69, 9.17) is 5.73 Å². The first-order chi connectivity index (χ1) is 4.27. The molecule has 0 bridgehead atoms. The molecule has 0 saturated heterocycles. The van der Waals surface area contributed by atoms with Gasteiger partial charge in [0.25, 0.3) is 0 Å². The third-order valence-corrected chi connectivity index (χ3v) is 1.09. The molecule has 0 saturated carbocycles. The van der Waals surface area contributed by atoms with Gasteiger partial charge in [0, 0.05) is 5.97 Å². The maximum Gasteiger partial charge on any atom is 1.00 e. The van der Waals surface area contributed by atoms with Crippen LogP contribution >= 0.6 is 0 Å². The fraction of sp³-hybridized carbons (Fsp3) is 0.833. The maximum absolute atomic E-state index is 9.82. The molecule has 0 aromatic carbocycles. The normalized spacial score (nSPS) is 8.50. The minimum Gasteiger partial charge on any atom is -0.550 e. The Morgan fingerprint density at radius 1 is 1.30 bits per heavy atom. The third kappa shape index (κ3) is 11.8. The topological polar surface area (TPSA) is 66.2 Å². The van der Waals surface area contributed by atoms with Gasteiger partial charge in [0.05, 0.1) is 0 Å². The molecule has 2 N–H and O–H groups in total. The van der Waals surface area contributed by atoms with E-state index in [1.165, 1.54) is 0 Å². The van der Waals surface area contributed by atoms with Crippen LogP contribution in [0.25, 0.3) is 0 Å². The summed E-state index contributed by atoms with van der Waals surface area (Å²) in [5.41, 5.74) is 5.18. The van der Waals surface area contributed by atoms with Crippen molar-refractivity contribution in [3.8, 4) is 0 Å². The molecule has 0 aromatic rings. The number of carboxylic acid groups (broad SMARTS) is 1. The van der Waals surface area contributed by atoms with Crippen LogP contribution in [0.1, 0.15) is 25.7 Å². The van der Waals surface area contributed by atoms with Crippen LogP contribution in [0.5, 0.6) is 0 Å². The monoisotopic (exact) mass is 169 g/mol. The molecule has 0 unspecified atom stereocenters. The Labute approximate surface area is 104 Å². The van der Waals surface area contributed by atoms with Gasteiger partial charge in [-0.3, -0.25) is 0 Å². The van der Waals surface area contributed by atoms with Crippen LogP contribution in [0.4, 0.5) is 0 Å². The van der Waals surface area contributed by atoms with E-state index in [0.29, 0.717) is 13.0 Å². The zero-order chi connectivity index (χ0) is 7.11. The number of hydrogen-bond donors (Lipinski definition) is 1. The number of carboxylic acids is 1. The average Bonchev–Trinajstić information content (AvgIpc) is 1.80. The zero-order valence-electron chi connectivity index (χ0n) is 6.43. The van der Waals surface area contributed by atoms with Crippen molar-refractivity contribution in [3.05, 3.63) is 0 Å². The van der Waals surface area contributed by atoms with Crippen LogP contribution in [0, 0.1) is 0 Å². The van der Waals surface area contributed by atoms with Gasteiger partial charge >= 0.3 is 51.4 Å². The van der Waals surface area contributed by atoms with Gasteiger partial charge < -0.3 is 15.6 Å². The van der Waals surface area contributed by atoms with Crippen molar-refractivity contribution in [3.63, 3.8) is 0 Å². The molecule has 54 valence electrons. The molecule has 4 heteroatoms. The van der Waals surface area contributed by atoms with Crippen molar-refractivity contribution < 1.29 is 61.3 Å². The summed E-state index contributed by atoms with van der Waals surface area (Å²) < 4.78 is 0. The molecule has 0 aromatic heterocycles. The first-order valence-corrected chi connectivity index (χ1v) is 3.17. The van der Waals surface area contributed by atoms with Crippen LogP contribution in [0.15, 0.2) is 0 Å². The molecule has 0 heterocycles. The van der Waals surface area contributed by atoms with Gasteiger partial charge in [-0.2, -0.15) is 0 Å². The van der Waals surface area contributed by atoms with E-state index in [9.17, 15) is 9.90 Å². The van der Waals surface area contributed by atoms with Gasteiger partial charge in [0.2, 0.25) is 0 Å². The molecule has 0 aliphatic heterocycles. The van der Waals surface area contributed by atoms with Crippen LogP contribution in [-0.2, 0) is 4.79 Å². The molecule has 0 spiro atoms. The number of carbonyl (C=O) groups excluding carboxylic acids is 1. The van der Waals surface area contributed by atoms with Gasteiger partial charge in [-0.25, -0.2) is 0 Å². The van der Waals surface area contributed by atoms with Crippen molar-refractivity contribution in [2.45, 2.75) is 25.7 Å². The Bertz CT molecular complexity index is 87.8. The SMILES string of the molecule is NCCCCCC(=O)[O-].[K+]. The second kappa shape index (κ2) is 10.1. The molecule has 0 rings (SSSR count). The fourth-order valence-corrected chi connectivity index (χ4v) is 0.590. The molecule has 0 radical (unpaired) electrons. The van der Waals surface area contributed by atoms with E-state index >= 15 is 0 Å². The fourth-order valence-electron chi connectivity index (χ4n) is 0.590. The minimum atomic E-state index is -0.966. The van der Waals surface area contributed by atoms with Crippen molar-refractivity contribution >= 4 is 5.97 Å². The quantitative estimate of drug-likeness (QED) is 0.340. The van der Waals surface area contributed by atoms with Crippen molar-refractivity contribution in [2.75, 3.05) is 6.54 Å². The number of aliphatic carboxylic acids is 1. The molecule has 0 amide bonds. The Kier molecular flexibility index (Phi) is 13.7. The Balaban J connectivity index is 0. The summed E-state index contributed by atoms with van der Waals surface area (Å²) in [5, 5.41) is 9.82. The van der Waals surface area contributed by atoms with E-state index in [1.54, 1.807) is 0 Å². The van der Waals surface area contributed by atoms with E-state index in [1.807, 2.05) is 0 Å². The molecule has 0 aliphatic rings. The summed E-state index contributed by atoms with van der Waals surface area (Å²) in [6.07, 6.45) is 2.66. The molecule has 0 aliphatic carbocycles. The van der Waals surface area contributed by atoms with E-state index in [0.717, 1.165) is 12.8 Å². The van der Waals surface area contributed by atoms with Crippen molar-refractivity contribution in [1.82, 2.24) is 0 Å². The van der Waals surface area contributed by atoms with Crippen LogP contribution in [-0.4, -0.2) is 12.5 Å². The number of hydrogen-bond acceptors (Lipinski definition) is 3. The average molecular weight is 169 g/mol. The Morgan fingerprint density at radius 3 is 2.30 bits per heavy atom. The Morgan fingerprint density at radius 2 is 1.90 bits per heavy atom. The smallest absolute Gasteiger partial charge is 0.550 e. The summed E-state index contributed by atoms with van der Waals surface area (Å²) in [7, 11) is 0. The molecule has 3 nitrogen and oxygen atoms in total. The standard InChI is InChI=1S/C6H13NO2.K/c7-5-3-1-2-4-6(8)9;/h1-5,7H2,(H,8,9);/q;+1/p-1. The zero-order valence-corrected chi connectivity index (χ0v) is 9.55. The van der Waals surface area contributed by atoms with Gasteiger partial charge in [-0.05, 0) is 25.8 Å². The van der Waals surface area contributed by atoms with E-state index < -0.39 is 5.97 Å². The minimum absolute atomic E-state index is 0. The van der Waals surface area contributed by atoms with Gasteiger partial charge in [-0.1, -0.05) is 6.42 Å². The van der Waals surface area contributed by atoms with E-state index in [2.05, 4.69) is 0 Å². The third-order valence-electron chi connectivity index (χ3n) is 1.09. The second-order valence-electron chi connectivity index (χ2n) is 1.97. The van der Waals surface area contributed by atoms with Gasteiger partial charge in [0.15, 0.2) is 0 Å². The molecular weight excluding hydrogens is 157 g/mol. The maximum atomic E-state index is 9.82. The largest absolute Gasteiger partial charge is 1.00 e. The van der Waals surface area contributed by atoms with Crippen LogP contribution in [0.2, 0.25) is 0 Å². The van der Waals surface area contributed by atoms with Crippen LogP contribution in [0.3, 0.4) is 0 Å². The summed E-state index contributed by atoms with van der Waals surface area (Å²) in [4.78, 5) is 9.82. The predicted octanol–water partition coefficient (Wildman–Crippen LogP) is -3.74. The number of rotatable bonds is 5. The predicted molar refractivity (Wildman–Crippen MR) is 32.5 cm³/mol. The van der Waals surface area contributed by atoms with Crippen LogP contribution < -0.4 is 62.2 Å². The van der Waals surface area contributed by atoms with Gasteiger partial charge in [0.1, 0.15) is 0 Å². The van der Waals surface area contributed by atoms with Crippen molar-refractivity contribution in [1.29, 1.82) is 0 Å². The second-order valence-corrected chi connectivity index (χ2v) is 1.97. The van der Waals surface area contributed by atoms with Gasteiger partial charge in [-0.15, -0.1) is 0 Å². The van der Waals surface area contributed by atoms with E-state index in [-0.39, 0.29) is 57.8 Å². The molecule has 10 heavy (non-hydrogen) atoms. The molecule has 0 fully saturated rings. The first kappa shape index (κ1) is 13.6. The number of nitrogens with two attached hydrogens (primary N) is 1.